The molecule has 0 aliphatic carbocycles. The van der Waals surface area contributed by atoms with E-state index >= 15 is 0 Å². The lowest BCUT2D eigenvalue weighted by Gasteiger charge is -2.33. The largest absolute Gasteiger partial charge is 0.870 e. The minimum atomic E-state index is -4.59. The minimum absolute atomic E-state index is 0. The molecule has 33 heavy (non-hydrogen) atoms. The van der Waals surface area contributed by atoms with Gasteiger partial charge in [0.25, 0.3) is 30.4 Å². The van der Waals surface area contributed by atoms with Crippen LogP contribution in [0.1, 0.15) is 0 Å². The average Bonchev–Trinajstić information content (AvgIpc) is 2.71. The summed E-state index contributed by atoms with van der Waals surface area (Å²) in [7, 11) is -12.3. The van der Waals surface area contributed by atoms with Gasteiger partial charge in [-0.3, -0.25) is 13.7 Å². The maximum Gasteiger partial charge on any atom is 0.294 e. The molecular formula is C19H19NO10S3. The van der Waals surface area contributed by atoms with Crippen LogP contribution in [0, 0.1) is 0 Å². The van der Waals surface area contributed by atoms with Crippen molar-refractivity contribution in [3.8, 4) is 0 Å². The fourth-order valence-corrected chi connectivity index (χ4v) is 4.77. The molecule has 0 fully saturated rings. The van der Waals surface area contributed by atoms with Crippen LogP contribution >= 0.6 is 0 Å². The molecule has 0 bridgehead atoms. The Morgan fingerprint density at radius 3 is 1.00 bits per heavy atom. The first-order chi connectivity index (χ1) is 14.6. The fourth-order valence-electron chi connectivity index (χ4n) is 3.21. The van der Waals surface area contributed by atoms with E-state index in [1.54, 1.807) is 0 Å². The fraction of sp³-hybridized carbons (Fsp3) is 0.0526. The van der Waals surface area contributed by atoms with E-state index in [0.717, 1.165) is 36.4 Å². The zero-order valence-electron chi connectivity index (χ0n) is 16.8. The third kappa shape index (κ3) is 5.45. The molecule has 11 nitrogen and oxygen atoms in total. The van der Waals surface area contributed by atoms with Crippen molar-refractivity contribution in [2.45, 2.75) is 14.7 Å². The zero-order chi connectivity index (χ0) is 23.9. The summed E-state index contributed by atoms with van der Waals surface area (Å²) in [6, 6.07) is 15.3. The molecule has 178 valence electrons. The van der Waals surface area contributed by atoms with E-state index in [4.69, 9.17) is 0 Å². The van der Waals surface area contributed by atoms with Gasteiger partial charge in [0.2, 0.25) is 0 Å². The maximum atomic E-state index is 11.7. The number of quaternary nitrogens is 1. The molecule has 0 radical (unpaired) electrons. The van der Waals surface area contributed by atoms with Crippen molar-refractivity contribution in [3.63, 3.8) is 0 Å². The molecule has 0 saturated heterocycles. The van der Waals surface area contributed by atoms with E-state index in [1.807, 2.05) is 0 Å². The third-order valence-corrected chi connectivity index (χ3v) is 7.44. The Hall–Kier alpha value is -2.69. The second kappa shape index (κ2) is 8.92. The van der Waals surface area contributed by atoms with Crippen molar-refractivity contribution in [1.29, 1.82) is 0 Å². The summed E-state index contributed by atoms with van der Waals surface area (Å²) in [6.45, 7) is 0. The first kappa shape index (κ1) is 26.6. The van der Waals surface area contributed by atoms with Crippen molar-refractivity contribution in [2.24, 2.45) is 0 Å². The van der Waals surface area contributed by atoms with Gasteiger partial charge in [-0.25, -0.2) is 4.48 Å². The molecule has 3 aromatic rings. The number of rotatable bonds is 6. The van der Waals surface area contributed by atoms with Crippen molar-refractivity contribution in [2.75, 3.05) is 7.05 Å². The predicted octanol–water partition coefficient (Wildman–Crippen LogP) is 2.85. The van der Waals surface area contributed by atoms with E-state index in [0.29, 0.717) is 0 Å². The maximum absolute atomic E-state index is 11.7. The predicted molar refractivity (Wildman–Crippen MR) is 118 cm³/mol. The molecule has 0 saturated carbocycles. The quantitative estimate of drug-likeness (QED) is 0.323. The van der Waals surface area contributed by atoms with Gasteiger partial charge >= 0.3 is 0 Å². The second-order valence-corrected chi connectivity index (χ2v) is 11.2. The molecule has 0 atom stereocenters. The topological polar surface area (TPSA) is 193 Å². The molecule has 0 heterocycles. The number of hydrogen-bond donors (Lipinski definition) is 3. The van der Waals surface area contributed by atoms with Gasteiger partial charge in [0.1, 0.15) is 17.1 Å². The molecule has 0 aliphatic rings. The molecule has 3 aromatic carbocycles. The van der Waals surface area contributed by atoms with Crippen LogP contribution in [-0.2, 0) is 30.4 Å². The highest BCUT2D eigenvalue weighted by molar-refractivity contribution is 7.86. The SMILES string of the molecule is C[N+](c1cccc(S(=O)(=O)O)c1)(c1cccc(S(=O)(=O)O)c1)c1cccc(S(=O)(=O)O)c1.[OH-]. The number of nitrogens with zero attached hydrogens (tertiary/aromatic N) is 1. The molecule has 14 heteroatoms. The van der Waals surface area contributed by atoms with Crippen LogP contribution in [0.2, 0.25) is 0 Å². The number of benzene rings is 3. The lowest BCUT2D eigenvalue weighted by molar-refractivity contribution is 0.481. The molecule has 3 rings (SSSR count). The van der Waals surface area contributed by atoms with Gasteiger partial charge in [0.15, 0.2) is 0 Å². The van der Waals surface area contributed by atoms with E-state index in [2.05, 4.69) is 0 Å². The van der Waals surface area contributed by atoms with E-state index in [1.165, 1.54) is 43.4 Å². The van der Waals surface area contributed by atoms with Gasteiger partial charge in [0.05, 0.1) is 21.7 Å². The van der Waals surface area contributed by atoms with Crippen molar-refractivity contribution in [1.82, 2.24) is 4.48 Å². The van der Waals surface area contributed by atoms with E-state index in [9.17, 15) is 38.9 Å². The normalized spacial score (nSPS) is 12.7. The van der Waals surface area contributed by atoms with Gasteiger partial charge in [-0.05, 0) is 18.2 Å². The highest BCUT2D eigenvalue weighted by atomic mass is 32.2. The third-order valence-electron chi connectivity index (χ3n) is 4.90. The summed E-state index contributed by atoms with van der Waals surface area (Å²) in [5.41, 5.74) is 0.584. The molecule has 0 aliphatic heterocycles. The highest BCUT2D eigenvalue weighted by Gasteiger charge is 2.34. The Kier molecular flexibility index (Phi) is 7.18. The zero-order valence-corrected chi connectivity index (χ0v) is 19.3. The van der Waals surface area contributed by atoms with Crippen LogP contribution in [0.15, 0.2) is 87.5 Å². The van der Waals surface area contributed by atoms with Gasteiger partial charge in [-0.1, -0.05) is 18.2 Å². The number of hydrogen-bond acceptors (Lipinski definition) is 7. The molecular weight excluding hydrogens is 498 g/mol. The average molecular weight is 518 g/mol. The molecule has 0 spiro atoms. The van der Waals surface area contributed by atoms with Gasteiger partial charge < -0.3 is 5.48 Å². The summed E-state index contributed by atoms with van der Waals surface area (Å²) in [5, 5.41) is 0. The Balaban J connectivity index is 0.00000385. The Bertz CT molecular complexity index is 1330. The van der Waals surface area contributed by atoms with Gasteiger partial charge in [0, 0.05) is 36.4 Å². The molecule has 0 unspecified atom stereocenters. The van der Waals surface area contributed by atoms with E-state index < -0.39 is 49.5 Å². The summed E-state index contributed by atoms with van der Waals surface area (Å²) in [5.74, 6) is 0. The summed E-state index contributed by atoms with van der Waals surface area (Å²) in [4.78, 5) is -1.34. The first-order valence-corrected chi connectivity index (χ1v) is 13.1. The van der Waals surface area contributed by atoms with Crippen LogP contribution in [-0.4, -0.2) is 51.4 Å². The van der Waals surface area contributed by atoms with Crippen molar-refractivity contribution in [3.05, 3.63) is 72.8 Å². The van der Waals surface area contributed by atoms with Crippen LogP contribution < -0.4 is 4.48 Å². The lowest BCUT2D eigenvalue weighted by atomic mass is 10.1. The van der Waals surface area contributed by atoms with Crippen molar-refractivity contribution < 1.29 is 44.4 Å². The first-order valence-electron chi connectivity index (χ1n) is 8.74. The lowest BCUT2D eigenvalue weighted by Crippen LogP contribution is -2.34. The summed E-state index contributed by atoms with van der Waals surface area (Å²) < 4.78 is 98.0. The Labute approximate surface area is 190 Å². The minimum Gasteiger partial charge on any atom is -0.870 e. The van der Waals surface area contributed by atoms with Crippen molar-refractivity contribution >= 4 is 47.4 Å². The Morgan fingerprint density at radius 2 is 0.788 bits per heavy atom. The molecule has 4 N–H and O–H groups in total. The standard InChI is InChI=1S/C19H17NO9S3.H2O/c1-20(14-5-2-8-17(11-14)30(21,22)23,15-6-3-9-18(12-15)31(24,25)26)16-7-4-10-19(13-16)32(27,28)29;/h2-13H,1H3,(H2-,21,22,23,24,25,26,27,28,29);1H2. The van der Waals surface area contributed by atoms with Gasteiger partial charge in [-0.15, -0.1) is 0 Å². The van der Waals surface area contributed by atoms with Crippen LogP contribution in [0.4, 0.5) is 17.1 Å². The monoisotopic (exact) mass is 517 g/mol. The van der Waals surface area contributed by atoms with Crippen LogP contribution in [0.25, 0.3) is 0 Å². The highest BCUT2D eigenvalue weighted by Crippen LogP contribution is 2.43. The van der Waals surface area contributed by atoms with Crippen LogP contribution in [0.5, 0.6) is 0 Å². The Morgan fingerprint density at radius 1 is 0.545 bits per heavy atom. The second-order valence-electron chi connectivity index (χ2n) is 6.92. The molecule has 0 amide bonds. The molecule has 0 aromatic heterocycles. The summed E-state index contributed by atoms with van der Waals surface area (Å²) >= 11 is 0. The van der Waals surface area contributed by atoms with E-state index in [-0.39, 0.29) is 22.5 Å². The summed E-state index contributed by atoms with van der Waals surface area (Å²) in [6.07, 6.45) is 0. The van der Waals surface area contributed by atoms with Crippen LogP contribution in [0.3, 0.4) is 0 Å². The smallest absolute Gasteiger partial charge is 0.294 e. The van der Waals surface area contributed by atoms with Gasteiger partial charge in [-0.2, -0.15) is 25.3 Å².